The van der Waals surface area contributed by atoms with E-state index in [4.69, 9.17) is 9.15 Å². The van der Waals surface area contributed by atoms with Crippen molar-refractivity contribution in [3.05, 3.63) is 69.4 Å². The second kappa shape index (κ2) is 7.74. The lowest BCUT2D eigenvalue weighted by atomic mass is 10.1. The van der Waals surface area contributed by atoms with E-state index < -0.39 is 5.97 Å². The highest BCUT2D eigenvalue weighted by molar-refractivity contribution is 9.10. The number of ether oxygens (including phenoxy) is 1. The molecule has 0 spiro atoms. The molecule has 3 aromatic rings. The fraction of sp³-hybridized carbons (Fsp3) is 0.200. The molecule has 6 heteroatoms. The van der Waals surface area contributed by atoms with Gasteiger partial charge in [0.1, 0.15) is 5.58 Å². The Balaban J connectivity index is 1.57. The lowest BCUT2D eigenvalue weighted by molar-refractivity contribution is -0.124. The van der Waals surface area contributed by atoms with Gasteiger partial charge in [0.15, 0.2) is 6.61 Å². The summed E-state index contributed by atoms with van der Waals surface area (Å²) >= 11 is 3.39. The van der Waals surface area contributed by atoms with Gasteiger partial charge >= 0.3 is 5.97 Å². The van der Waals surface area contributed by atoms with Crippen LogP contribution < -0.4 is 5.32 Å². The maximum absolute atomic E-state index is 12.2. The standard InChI is InChI=1S/C20H18BrNO4/c1-12-3-5-14(6-4-12)10-22-18(23)11-25-20(24)19-13(2)16-9-15(21)7-8-17(16)26-19/h3-9H,10-11H2,1-2H3,(H,22,23). The number of benzene rings is 2. The van der Waals surface area contributed by atoms with Crippen molar-refractivity contribution in [3.63, 3.8) is 0 Å². The van der Waals surface area contributed by atoms with E-state index in [0.717, 1.165) is 21.0 Å². The highest BCUT2D eigenvalue weighted by Gasteiger charge is 2.20. The first-order valence-electron chi connectivity index (χ1n) is 8.12. The monoisotopic (exact) mass is 415 g/mol. The number of furan rings is 1. The van der Waals surface area contributed by atoms with Gasteiger partial charge in [-0.3, -0.25) is 4.79 Å². The molecule has 0 saturated carbocycles. The quantitative estimate of drug-likeness (QED) is 0.631. The molecule has 0 atom stereocenters. The van der Waals surface area contributed by atoms with Crippen LogP contribution in [-0.2, 0) is 16.1 Å². The molecule has 1 aromatic heterocycles. The summed E-state index contributed by atoms with van der Waals surface area (Å²) in [7, 11) is 0. The Morgan fingerprint density at radius 1 is 1.12 bits per heavy atom. The largest absolute Gasteiger partial charge is 0.450 e. The van der Waals surface area contributed by atoms with E-state index in [2.05, 4.69) is 21.2 Å². The predicted octanol–water partition coefficient (Wildman–Crippen LogP) is 4.29. The van der Waals surface area contributed by atoms with E-state index >= 15 is 0 Å². The second-order valence-corrected chi connectivity index (χ2v) is 6.95. The summed E-state index contributed by atoms with van der Waals surface area (Å²) in [6.45, 7) is 3.81. The minimum atomic E-state index is -0.652. The molecule has 0 saturated heterocycles. The fourth-order valence-electron chi connectivity index (χ4n) is 2.54. The molecule has 0 aliphatic rings. The molecular weight excluding hydrogens is 398 g/mol. The van der Waals surface area contributed by atoms with Crippen LogP contribution in [0.15, 0.2) is 51.4 Å². The van der Waals surface area contributed by atoms with Gasteiger partial charge in [0.25, 0.3) is 5.91 Å². The summed E-state index contributed by atoms with van der Waals surface area (Å²) in [5, 5.41) is 3.55. The van der Waals surface area contributed by atoms with E-state index in [-0.39, 0.29) is 18.3 Å². The Hall–Kier alpha value is -2.60. The highest BCUT2D eigenvalue weighted by Crippen LogP contribution is 2.28. The number of amides is 1. The van der Waals surface area contributed by atoms with Crippen LogP contribution in [0.5, 0.6) is 0 Å². The van der Waals surface area contributed by atoms with Crippen molar-refractivity contribution in [3.8, 4) is 0 Å². The lowest BCUT2D eigenvalue weighted by Crippen LogP contribution is -2.28. The lowest BCUT2D eigenvalue weighted by Gasteiger charge is -2.06. The summed E-state index contributed by atoms with van der Waals surface area (Å²) < 4.78 is 11.5. The van der Waals surface area contributed by atoms with Crippen molar-refractivity contribution < 1.29 is 18.7 Å². The molecule has 1 N–H and O–H groups in total. The summed E-state index contributed by atoms with van der Waals surface area (Å²) in [5.41, 5.74) is 3.42. The summed E-state index contributed by atoms with van der Waals surface area (Å²) in [6.07, 6.45) is 0. The number of esters is 1. The van der Waals surface area contributed by atoms with Gasteiger partial charge in [-0.1, -0.05) is 45.8 Å². The van der Waals surface area contributed by atoms with E-state index in [0.29, 0.717) is 17.7 Å². The van der Waals surface area contributed by atoms with Crippen LogP contribution in [0.25, 0.3) is 11.0 Å². The van der Waals surface area contributed by atoms with Crippen molar-refractivity contribution in [1.82, 2.24) is 5.32 Å². The molecule has 0 aliphatic carbocycles. The van der Waals surface area contributed by atoms with E-state index in [1.165, 1.54) is 0 Å². The molecule has 3 rings (SSSR count). The number of halogens is 1. The smallest absolute Gasteiger partial charge is 0.375 e. The van der Waals surface area contributed by atoms with Gasteiger partial charge in [0.05, 0.1) is 0 Å². The molecule has 1 amide bonds. The van der Waals surface area contributed by atoms with Gasteiger partial charge in [-0.05, 0) is 37.6 Å². The third-order valence-corrected chi connectivity index (χ3v) is 4.52. The molecule has 5 nitrogen and oxygen atoms in total. The van der Waals surface area contributed by atoms with E-state index in [9.17, 15) is 9.59 Å². The van der Waals surface area contributed by atoms with Crippen LogP contribution in [0.3, 0.4) is 0 Å². The molecular formula is C20H18BrNO4. The SMILES string of the molecule is Cc1ccc(CNC(=O)COC(=O)c2oc3ccc(Br)cc3c2C)cc1. The van der Waals surface area contributed by atoms with Crippen LogP contribution in [0, 0.1) is 13.8 Å². The Kier molecular flexibility index (Phi) is 5.42. The van der Waals surface area contributed by atoms with E-state index in [1.807, 2.05) is 43.3 Å². The van der Waals surface area contributed by atoms with Crippen LogP contribution in [0.4, 0.5) is 0 Å². The zero-order chi connectivity index (χ0) is 18.7. The third-order valence-electron chi connectivity index (χ3n) is 4.03. The second-order valence-electron chi connectivity index (χ2n) is 6.04. The first-order chi connectivity index (χ1) is 12.4. The van der Waals surface area contributed by atoms with Crippen LogP contribution in [0.2, 0.25) is 0 Å². The number of hydrogen-bond donors (Lipinski definition) is 1. The number of nitrogens with one attached hydrogen (secondary N) is 1. The Morgan fingerprint density at radius 2 is 1.85 bits per heavy atom. The average molecular weight is 416 g/mol. The van der Waals surface area contributed by atoms with Gasteiger partial charge in [-0.2, -0.15) is 0 Å². The molecule has 1 heterocycles. The zero-order valence-corrected chi connectivity index (χ0v) is 16.1. The third kappa shape index (κ3) is 4.14. The van der Waals surface area contributed by atoms with E-state index in [1.54, 1.807) is 13.0 Å². The summed E-state index contributed by atoms with van der Waals surface area (Å²) in [4.78, 5) is 24.1. The fourth-order valence-corrected chi connectivity index (χ4v) is 2.90. The van der Waals surface area contributed by atoms with Crippen molar-refractivity contribution in [1.29, 1.82) is 0 Å². The number of fused-ring (bicyclic) bond motifs is 1. The van der Waals surface area contributed by atoms with Crippen molar-refractivity contribution in [2.24, 2.45) is 0 Å². The van der Waals surface area contributed by atoms with Crippen molar-refractivity contribution >= 4 is 38.8 Å². The predicted molar refractivity (Wildman–Crippen MR) is 102 cm³/mol. The molecule has 2 aromatic carbocycles. The number of rotatable bonds is 5. The van der Waals surface area contributed by atoms with Crippen molar-refractivity contribution in [2.45, 2.75) is 20.4 Å². The zero-order valence-electron chi connectivity index (χ0n) is 14.5. The molecule has 0 fully saturated rings. The Morgan fingerprint density at radius 3 is 2.58 bits per heavy atom. The molecule has 134 valence electrons. The van der Waals surface area contributed by atoms with Gasteiger partial charge in [-0.25, -0.2) is 4.79 Å². The maximum atomic E-state index is 12.2. The first kappa shape index (κ1) is 18.2. The minimum absolute atomic E-state index is 0.115. The Labute approximate surface area is 159 Å². The van der Waals surface area contributed by atoms with Gasteiger partial charge < -0.3 is 14.5 Å². The molecule has 0 aliphatic heterocycles. The number of hydrogen-bond acceptors (Lipinski definition) is 4. The normalized spacial score (nSPS) is 10.7. The minimum Gasteiger partial charge on any atom is -0.450 e. The molecule has 26 heavy (non-hydrogen) atoms. The topological polar surface area (TPSA) is 68.5 Å². The number of aryl methyl sites for hydroxylation is 2. The van der Waals surface area contributed by atoms with Crippen molar-refractivity contribution in [2.75, 3.05) is 6.61 Å². The van der Waals surface area contributed by atoms with Crippen LogP contribution in [0.1, 0.15) is 27.2 Å². The number of carbonyl (C=O) groups is 2. The Bertz CT molecular complexity index is 960. The van der Waals surface area contributed by atoms with Gasteiger partial charge in [-0.15, -0.1) is 0 Å². The molecule has 0 unspecified atom stereocenters. The summed E-state index contributed by atoms with van der Waals surface area (Å²) in [6, 6.07) is 13.3. The first-order valence-corrected chi connectivity index (χ1v) is 8.91. The average Bonchev–Trinajstić information content (AvgIpc) is 2.95. The summed E-state index contributed by atoms with van der Waals surface area (Å²) in [5.74, 6) is -0.903. The maximum Gasteiger partial charge on any atom is 0.375 e. The van der Waals surface area contributed by atoms with Gasteiger partial charge in [0, 0.05) is 22.0 Å². The van der Waals surface area contributed by atoms with Crippen LogP contribution in [-0.4, -0.2) is 18.5 Å². The number of carbonyl (C=O) groups excluding carboxylic acids is 2. The highest BCUT2D eigenvalue weighted by atomic mass is 79.9. The molecule has 0 radical (unpaired) electrons. The van der Waals surface area contributed by atoms with Crippen LogP contribution >= 0.6 is 15.9 Å². The van der Waals surface area contributed by atoms with Gasteiger partial charge in [0.2, 0.25) is 5.76 Å². The molecule has 0 bridgehead atoms.